The van der Waals surface area contributed by atoms with E-state index in [9.17, 15) is 22.2 Å². The van der Waals surface area contributed by atoms with Crippen molar-refractivity contribution in [2.45, 2.75) is 60.9 Å². The number of piperazine rings is 2. The lowest BCUT2D eigenvalue weighted by Crippen LogP contribution is -2.47. The van der Waals surface area contributed by atoms with Crippen LogP contribution in [0.5, 0.6) is 0 Å². The van der Waals surface area contributed by atoms with Crippen LogP contribution in [0.15, 0.2) is 112 Å². The minimum absolute atomic E-state index is 0.0605. The zero-order valence-electron chi connectivity index (χ0n) is 35.4. The molecule has 7 nitrogen and oxygen atoms in total. The van der Waals surface area contributed by atoms with Crippen LogP contribution in [-0.4, -0.2) is 114 Å². The molecule has 1 N–H and O–H groups in total. The Morgan fingerprint density at radius 1 is 0.852 bits per heavy atom. The summed E-state index contributed by atoms with van der Waals surface area (Å²) in [7, 11) is -1.25. The molecule has 2 heterocycles. The number of ketones is 1. The summed E-state index contributed by atoms with van der Waals surface area (Å²) < 4.78 is 55.5. The summed E-state index contributed by atoms with van der Waals surface area (Å²) in [5.74, 6) is 0.175. The molecule has 4 aromatic carbocycles. The van der Waals surface area contributed by atoms with Gasteiger partial charge in [-0.1, -0.05) is 61.4 Å². The van der Waals surface area contributed by atoms with E-state index >= 15 is 0 Å². The van der Waals surface area contributed by atoms with Crippen molar-refractivity contribution in [1.82, 2.24) is 14.7 Å². The summed E-state index contributed by atoms with van der Waals surface area (Å²) in [5, 5.41) is 4.08. The number of nitrogens with one attached hydrogen (secondary N) is 1. The lowest BCUT2D eigenvalue weighted by Gasteiger charge is -2.39. The molecule has 0 radical (unpaired) electrons. The zero-order chi connectivity index (χ0) is 43.1. The number of hydrogen-bond donors (Lipinski definition) is 1. The molecule has 0 spiro atoms. The van der Waals surface area contributed by atoms with Gasteiger partial charge in [-0.25, -0.2) is 4.21 Å². The van der Waals surface area contributed by atoms with Crippen molar-refractivity contribution in [1.29, 1.82) is 0 Å². The van der Waals surface area contributed by atoms with E-state index in [1.54, 1.807) is 23.9 Å². The van der Waals surface area contributed by atoms with E-state index in [2.05, 4.69) is 57.9 Å². The molecule has 326 valence electrons. The van der Waals surface area contributed by atoms with E-state index in [0.717, 1.165) is 106 Å². The fourth-order valence-electron chi connectivity index (χ4n) is 8.59. The van der Waals surface area contributed by atoms with Gasteiger partial charge in [-0.15, -0.1) is 11.8 Å². The molecule has 3 aliphatic rings. The lowest BCUT2D eigenvalue weighted by atomic mass is 9.73. The number of rotatable bonds is 15. The van der Waals surface area contributed by atoms with Gasteiger partial charge in [-0.05, 0) is 116 Å². The molecule has 2 aliphatic heterocycles. The number of carbonyl (C=O) groups is 1. The van der Waals surface area contributed by atoms with Gasteiger partial charge in [0.15, 0.2) is 16.6 Å². The maximum Gasteiger partial charge on any atom is 0.475 e. The molecule has 2 saturated heterocycles. The predicted molar refractivity (Wildman–Crippen MR) is 247 cm³/mol. The van der Waals surface area contributed by atoms with Crippen LogP contribution in [0.4, 0.5) is 24.5 Å². The van der Waals surface area contributed by atoms with E-state index in [1.165, 1.54) is 28.8 Å². The van der Waals surface area contributed by atoms with Crippen molar-refractivity contribution in [3.05, 3.63) is 124 Å². The third-order valence-electron chi connectivity index (χ3n) is 12.2. The minimum Gasteiger partial charge on any atom is -0.380 e. The Bertz CT molecular complexity index is 2150. The van der Waals surface area contributed by atoms with Gasteiger partial charge in [0.25, 0.3) is 0 Å². The van der Waals surface area contributed by atoms with E-state index in [1.807, 2.05) is 54.6 Å². The lowest BCUT2D eigenvalue weighted by molar-refractivity contribution is -0.0384. The summed E-state index contributed by atoms with van der Waals surface area (Å²) in [4.78, 5) is 24.0. The van der Waals surface area contributed by atoms with Gasteiger partial charge in [0.1, 0.15) is 0 Å². The van der Waals surface area contributed by atoms with E-state index in [4.69, 9.17) is 11.6 Å². The molecule has 0 bridgehead atoms. The first-order valence-corrected chi connectivity index (χ1v) is 23.8. The van der Waals surface area contributed by atoms with Gasteiger partial charge in [0.05, 0.1) is 10.6 Å². The number of allylic oxidation sites excluding steroid dienone is 1. The van der Waals surface area contributed by atoms with Crippen LogP contribution < -0.4 is 10.2 Å². The van der Waals surface area contributed by atoms with Gasteiger partial charge < -0.3 is 20.0 Å². The molecule has 2 fully saturated rings. The Balaban J connectivity index is 1.02. The van der Waals surface area contributed by atoms with E-state index in [0.29, 0.717) is 17.7 Å². The molecule has 4 aromatic rings. The average Bonchev–Trinajstić information content (AvgIpc) is 3.25. The second kappa shape index (κ2) is 20.2. The fraction of sp³-hybridized carbons (Fsp3) is 0.438. The highest BCUT2D eigenvalue weighted by molar-refractivity contribution is 7.99. The first-order valence-electron chi connectivity index (χ1n) is 21.3. The first kappa shape index (κ1) is 45.4. The van der Waals surface area contributed by atoms with Crippen LogP contribution in [0.2, 0.25) is 5.02 Å². The normalized spacial score (nSPS) is 19.2. The maximum atomic E-state index is 14.2. The van der Waals surface area contributed by atoms with Crippen molar-refractivity contribution in [2.24, 2.45) is 5.41 Å². The molecule has 0 saturated carbocycles. The van der Waals surface area contributed by atoms with Crippen LogP contribution in [0.1, 0.15) is 61.0 Å². The van der Waals surface area contributed by atoms with E-state index < -0.39 is 27.0 Å². The summed E-state index contributed by atoms with van der Waals surface area (Å²) >= 11 is 7.83. The second-order valence-corrected chi connectivity index (χ2v) is 20.4. The number of anilines is 2. The minimum atomic E-state index is -5.00. The Hall–Kier alpha value is -3.65. The van der Waals surface area contributed by atoms with Gasteiger partial charge in [-0.3, -0.25) is 9.69 Å². The number of likely N-dealkylation sites (N-methyl/N-ethyl adjacent to an activating group) is 1. The topological polar surface area (TPSA) is 59.1 Å². The molecule has 0 amide bonds. The maximum absolute atomic E-state index is 14.2. The Kier molecular flexibility index (Phi) is 15.1. The molecule has 2 atom stereocenters. The quantitative estimate of drug-likeness (QED) is 0.0936. The molecular weight excluding hydrogens is 835 g/mol. The summed E-state index contributed by atoms with van der Waals surface area (Å²) in [5.41, 5.74) is 1.01. The van der Waals surface area contributed by atoms with Crippen LogP contribution >= 0.6 is 23.4 Å². The molecule has 61 heavy (non-hydrogen) atoms. The van der Waals surface area contributed by atoms with Crippen molar-refractivity contribution < 1.29 is 22.2 Å². The number of halogens is 4. The van der Waals surface area contributed by atoms with Crippen molar-refractivity contribution in [3.8, 4) is 0 Å². The van der Waals surface area contributed by atoms with Crippen LogP contribution in [0.25, 0.3) is 5.57 Å². The van der Waals surface area contributed by atoms with Crippen molar-refractivity contribution in [2.75, 3.05) is 88.5 Å². The number of hydrogen-bond acceptors (Lipinski definition) is 8. The SMILES string of the molecule is CN1CCN(CCC(CSc2ccccc2)Nc2ccc(C(=O)c3ccc(N4CCN(CC5=C(c6ccc(Cl)cc6)CCC(C)(C)C5)CC4)cc3)cc2S(=O)C(F)(F)F)CC1. The number of nitrogens with zero attached hydrogens (tertiary/aromatic N) is 4. The molecule has 2 unspecified atom stereocenters. The zero-order valence-corrected chi connectivity index (χ0v) is 37.7. The predicted octanol–water partition coefficient (Wildman–Crippen LogP) is 10.2. The first-order chi connectivity index (χ1) is 29.2. The highest BCUT2D eigenvalue weighted by Gasteiger charge is 2.40. The van der Waals surface area contributed by atoms with E-state index in [-0.39, 0.29) is 22.7 Å². The number of alkyl halides is 3. The third kappa shape index (κ3) is 12.3. The Morgan fingerprint density at radius 3 is 2.18 bits per heavy atom. The number of benzene rings is 4. The number of carbonyl (C=O) groups excluding carboxylic acids is 1. The molecular formula is C48H57ClF3N5O2S2. The second-order valence-electron chi connectivity index (χ2n) is 17.4. The van der Waals surface area contributed by atoms with Crippen LogP contribution in [0, 0.1) is 5.41 Å². The van der Waals surface area contributed by atoms with Gasteiger partial charge in [0.2, 0.25) is 0 Å². The highest BCUT2D eigenvalue weighted by Crippen LogP contribution is 2.43. The van der Waals surface area contributed by atoms with Crippen LogP contribution in [0.3, 0.4) is 0 Å². The summed E-state index contributed by atoms with van der Waals surface area (Å²) in [6, 6.07) is 29.4. The number of thioether (sulfide) groups is 1. The smallest absolute Gasteiger partial charge is 0.380 e. The van der Waals surface area contributed by atoms with Crippen molar-refractivity contribution in [3.63, 3.8) is 0 Å². The van der Waals surface area contributed by atoms with Gasteiger partial charge in [-0.2, -0.15) is 13.2 Å². The monoisotopic (exact) mass is 891 g/mol. The molecule has 7 rings (SSSR count). The Morgan fingerprint density at radius 2 is 1.51 bits per heavy atom. The molecule has 1 aliphatic carbocycles. The summed E-state index contributed by atoms with van der Waals surface area (Å²) in [6.07, 6.45) is 3.97. The molecule has 13 heteroatoms. The fourth-order valence-corrected chi connectivity index (χ4v) is 10.5. The van der Waals surface area contributed by atoms with Crippen LogP contribution in [-0.2, 0) is 10.8 Å². The molecule has 0 aromatic heterocycles. The van der Waals surface area contributed by atoms with Crippen molar-refractivity contribution >= 4 is 56.9 Å². The third-order valence-corrected chi connectivity index (χ3v) is 14.8. The van der Waals surface area contributed by atoms with Gasteiger partial charge in [0, 0.05) is 104 Å². The average molecular weight is 893 g/mol. The largest absolute Gasteiger partial charge is 0.475 e. The highest BCUT2D eigenvalue weighted by atomic mass is 35.5. The Labute approximate surface area is 371 Å². The standard InChI is InChI=1S/C48H57ClF3N5O2S2/c1-47(2)21-19-43(35-9-14-39(49)15-10-35)38(32-47)33-56-27-29-57(30-28-56)41-16-11-36(12-17-41)46(58)37-13-18-44(45(31-37)61(59)48(50,51)52)53-40(34-60-42-7-5-4-6-8-42)20-22-55-25-23-54(3)24-26-55/h4-18,31,40,53H,19-30,32-34H2,1-3H3. The van der Waals surface area contributed by atoms with Gasteiger partial charge >= 0.3 is 5.51 Å². The summed E-state index contributed by atoms with van der Waals surface area (Å²) in [6.45, 7) is 13.7.